The molecule has 0 unspecified atom stereocenters. The molecule has 1 fully saturated rings. The van der Waals surface area contributed by atoms with Gasteiger partial charge in [0.15, 0.2) is 0 Å². The first kappa shape index (κ1) is 22.5. The number of halogens is 1. The standard InChI is InChI=1S/C25H28ClN3O3/c1-16-7-8-19(15-17(16)2)22-23(27-21-6-4-5-20(26)18(21)3)25(31)29(24(22)30)10-9-28-11-13-32-14-12-28/h4-8,15,27H,9-14H2,1-3H3. The highest BCUT2D eigenvalue weighted by molar-refractivity contribution is 6.36. The van der Waals surface area contributed by atoms with E-state index in [2.05, 4.69) is 10.2 Å². The summed E-state index contributed by atoms with van der Waals surface area (Å²) in [6.45, 7) is 9.85. The van der Waals surface area contributed by atoms with Crippen LogP contribution in [-0.2, 0) is 14.3 Å². The quantitative estimate of drug-likeness (QED) is 0.674. The minimum atomic E-state index is -0.309. The summed E-state index contributed by atoms with van der Waals surface area (Å²) in [7, 11) is 0. The molecule has 0 aromatic heterocycles. The Kier molecular flexibility index (Phi) is 6.65. The van der Waals surface area contributed by atoms with Crippen molar-refractivity contribution in [2.24, 2.45) is 0 Å². The van der Waals surface area contributed by atoms with E-state index in [1.54, 1.807) is 6.07 Å². The molecule has 0 radical (unpaired) electrons. The normalized spacial score (nSPS) is 17.4. The molecule has 0 saturated carbocycles. The van der Waals surface area contributed by atoms with Gasteiger partial charge >= 0.3 is 0 Å². The van der Waals surface area contributed by atoms with E-state index < -0.39 is 0 Å². The zero-order chi connectivity index (χ0) is 22.8. The highest BCUT2D eigenvalue weighted by Gasteiger charge is 2.39. The van der Waals surface area contributed by atoms with Crippen LogP contribution in [0.3, 0.4) is 0 Å². The molecule has 2 aromatic rings. The van der Waals surface area contributed by atoms with Crippen molar-refractivity contribution in [3.8, 4) is 0 Å². The number of aryl methyl sites for hydroxylation is 2. The SMILES string of the molecule is Cc1ccc(C2=C(Nc3cccc(Cl)c3C)C(=O)N(CCN3CCOCC3)C2=O)cc1C. The van der Waals surface area contributed by atoms with Crippen molar-refractivity contribution >= 4 is 34.7 Å². The van der Waals surface area contributed by atoms with Crippen molar-refractivity contribution in [2.45, 2.75) is 20.8 Å². The Balaban J connectivity index is 1.68. The minimum Gasteiger partial charge on any atom is -0.379 e. The third kappa shape index (κ3) is 4.44. The van der Waals surface area contributed by atoms with Gasteiger partial charge < -0.3 is 10.1 Å². The second kappa shape index (κ2) is 9.45. The van der Waals surface area contributed by atoms with E-state index >= 15 is 0 Å². The van der Waals surface area contributed by atoms with E-state index in [0.717, 1.165) is 35.3 Å². The van der Waals surface area contributed by atoms with E-state index in [1.807, 2.05) is 51.1 Å². The van der Waals surface area contributed by atoms with Crippen LogP contribution >= 0.6 is 11.6 Å². The molecule has 32 heavy (non-hydrogen) atoms. The lowest BCUT2D eigenvalue weighted by Crippen LogP contribution is -2.43. The number of imide groups is 1. The third-order valence-corrected chi connectivity index (χ3v) is 6.64. The second-order valence-electron chi connectivity index (χ2n) is 8.30. The maximum atomic E-state index is 13.5. The van der Waals surface area contributed by atoms with Crippen LogP contribution in [0.4, 0.5) is 5.69 Å². The lowest BCUT2D eigenvalue weighted by Gasteiger charge is -2.28. The molecule has 0 aliphatic carbocycles. The van der Waals surface area contributed by atoms with Gasteiger partial charge in [-0.1, -0.05) is 35.9 Å². The van der Waals surface area contributed by atoms with E-state index in [0.29, 0.717) is 48.3 Å². The lowest BCUT2D eigenvalue weighted by atomic mass is 9.99. The average Bonchev–Trinajstić information content (AvgIpc) is 3.02. The van der Waals surface area contributed by atoms with Crippen LogP contribution in [0.5, 0.6) is 0 Å². The first-order chi connectivity index (χ1) is 15.4. The maximum absolute atomic E-state index is 13.5. The first-order valence-electron chi connectivity index (χ1n) is 10.9. The molecule has 6 nitrogen and oxygen atoms in total. The number of amides is 2. The molecule has 2 amide bonds. The molecule has 7 heteroatoms. The lowest BCUT2D eigenvalue weighted by molar-refractivity contribution is -0.137. The molecule has 2 aliphatic rings. The number of nitrogens with zero attached hydrogens (tertiary/aromatic N) is 2. The van der Waals surface area contributed by atoms with Crippen LogP contribution in [-0.4, -0.2) is 61.0 Å². The molecule has 0 spiro atoms. The van der Waals surface area contributed by atoms with Gasteiger partial charge in [0.05, 0.1) is 18.8 Å². The van der Waals surface area contributed by atoms with Crippen molar-refractivity contribution in [3.05, 3.63) is 69.4 Å². The van der Waals surface area contributed by atoms with Crippen LogP contribution < -0.4 is 5.32 Å². The topological polar surface area (TPSA) is 61.9 Å². The number of nitrogens with one attached hydrogen (secondary N) is 1. The Hall–Kier alpha value is -2.67. The predicted octanol–water partition coefficient (Wildman–Crippen LogP) is 3.79. The molecular weight excluding hydrogens is 426 g/mol. The Morgan fingerprint density at radius 1 is 0.969 bits per heavy atom. The van der Waals surface area contributed by atoms with Crippen LogP contribution in [0.25, 0.3) is 5.57 Å². The summed E-state index contributed by atoms with van der Waals surface area (Å²) in [5.74, 6) is -0.579. The Morgan fingerprint density at radius 2 is 1.72 bits per heavy atom. The number of hydrogen-bond donors (Lipinski definition) is 1. The fraction of sp³-hybridized carbons (Fsp3) is 0.360. The summed E-state index contributed by atoms with van der Waals surface area (Å²) >= 11 is 6.29. The number of benzene rings is 2. The van der Waals surface area contributed by atoms with Crippen molar-refractivity contribution in [1.29, 1.82) is 0 Å². The fourth-order valence-electron chi connectivity index (χ4n) is 4.00. The molecule has 168 valence electrons. The summed E-state index contributed by atoms with van der Waals surface area (Å²) in [5, 5.41) is 3.83. The van der Waals surface area contributed by atoms with Crippen LogP contribution in [0, 0.1) is 20.8 Å². The summed E-state index contributed by atoms with van der Waals surface area (Å²) in [6.07, 6.45) is 0. The molecule has 4 rings (SSSR count). The van der Waals surface area contributed by atoms with E-state index in [9.17, 15) is 9.59 Å². The molecule has 1 saturated heterocycles. The van der Waals surface area contributed by atoms with Gasteiger partial charge in [-0.05, 0) is 55.2 Å². The summed E-state index contributed by atoms with van der Waals surface area (Å²) in [6, 6.07) is 11.3. The Labute approximate surface area is 193 Å². The first-order valence-corrected chi connectivity index (χ1v) is 11.2. The molecule has 1 N–H and O–H groups in total. The van der Waals surface area contributed by atoms with Gasteiger partial charge in [-0.3, -0.25) is 19.4 Å². The average molecular weight is 454 g/mol. The second-order valence-corrected chi connectivity index (χ2v) is 8.71. The van der Waals surface area contributed by atoms with E-state index in [1.165, 1.54) is 4.90 Å². The number of ether oxygens (including phenoxy) is 1. The van der Waals surface area contributed by atoms with Crippen LogP contribution in [0.1, 0.15) is 22.3 Å². The zero-order valence-corrected chi connectivity index (χ0v) is 19.5. The molecular formula is C25H28ClN3O3. The van der Waals surface area contributed by atoms with Crippen LogP contribution in [0.15, 0.2) is 42.1 Å². The smallest absolute Gasteiger partial charge is 0.278 e. The summed E-state index contributed by atoms with van der Waals surface area (Å²) < 4.78 is 5.40. The molecule has 2 aliphatic heterocycles. The zero-order valence-electron chi connectivity index (χ0n) is 18.7. The minimum absolute atomic E-state index is 0.270. The van der Waals surface area contributed by atoms with Crippen molar-refractivity contribution in [1.82, 2.24) is 9.80 Å². The monoisotopic (exact) mass is 453 g/mol. The highest BCUT2D eigenvalue weighted by atomic mass is 35.5. The Morgan fingerprint density at radius 3 is 2.44 bits per heavy atom. The van der Waals surface area contributed by atoms with E-state index in [4.69, 9.17) is 16.3 Å². The number of morpholine rings is 1. The maximum Gasteiger partial charge on any atom is 0.278 e. The van der Waals surface area contributed by atoms with Crippen molar-refractivity contribution in [2.75, 3.05) is 44.7 Å². The highest BCUT2D eigenvalue weighted by Crippen LogP contribution is 2.33. The van der Waals surface area contributed by atoms with Crippen molar-refractivity contribution < 1.29 is 14.3 Å². The summed E-state index contributed by atoms with van der Waals surface area (Å²) in [5.41, 5.74) is 5.18. The van der Waals surface area contributed by atoms with E-state index in [-0.39, 0.29) is 11.8 Å². The van der Waals surface area contributed by atoms with Gasteiger partial charge in [0, 0.05) is 36.9 Å². The fourth-order valence-corrected chi connectivity index (χ4v) is 4.18. The number of rotatable bonds is 6. The number of carbonyl (C=O) groups excluding carboxylic acids is 2. The van der Waals surface area contributed by atoms with Gasteiger partial charge in [0.25, 0.3) is 11.8 Å². The van der Waals surface area contributed by atoms with Gasteiger partial charge in [-0.15, -0.1) is 0 Å². The van der Waals surface area contributed by atoms with Gasteiger partial charge in [-0.2, -0.15) is 0 Å². The Bertz CT molecular complexity index is 1090. The predicted molar refractivity (Wildman–Crippen MR) is 127 cm³/mol. The molecule has 2 heterocycles. The summed E-state index contributed by atoms with van der Waals surface area (Å²) in [4.78, 5) is 30.5. The molecule has 0 atom stereocenters. The number of hydrogen-bond acceptors (Lipinski definition) is 5. The molecule has 2 aromatic carbocycles. The van der Waals surface area contributed by atoms with Gasteiger partial charge in [0.2, 0.25) is 0 Å². The molecule has 0 bridgehead atoms. The largest absolute Gasteiger partial charge is 0.379 e. The van der Waals surface area contributed by atoms with Gasteiger partial charge in [0.1, 0.15) is 5.70 Å². The van der Waals surface area contributed by atoms with Gasteiger partial charge in [-0.25, -0.2) is 0 Å². The third-order valence-electron chi connectivity index (χ3n) is 6.23. The van der Waals surface area contributed by atoms with Crippen LogP contribution in [0.2, 0.25) is 5.02 Å². The van der Waals surface area contributed by atoms with Crippen molar-refractivity contribution in [3.63, 3.8) is 0 Å². The number of carbonyl (C=O) groups is 2. The number of anilines is 1.